The predicted octanol–water partition coefficient (Wildman–Crippen LogP) is 3.06. The van der Waals surface area contributed by atoms with Gasteiger partial charge in [-0.15, -0.1) is 0 Å². The zero-order valence-electron chi connectivity index (χ0n) is 11.4. The lowest BCUT2D eigenvalue weighted by molar-refractivity contribution is -0.0228. The highest BCUT2D eigenvalue weighted by Gasteiger charge is 2.26. The molecule has 1 atom stereocenters. The Hall–Kier alpha value is -1.72. The summed E-state index contributed by atoms with van der Waals surface area (Å²) >= 11 is 3.30. The van der Waals surface area contributed by atoms with Crippen LogP contribution in [0, 0.1) is 0 Å². The maximum absolute atomic E-state index is 12.6. The van der Waals surface area contributed by atoms with Gasteiger partial charge in [0.2, 0.25) is 0 Å². The first-order chi connectivity index (χ1) is 10.2. The van der Waals surface area contributed by atoms with Crippen LogP contribution in [-0.4, -0.2) is 35.5 Å². The molecule has 5 heteroatoms. The number of morpholine rings is 1. The number of rotatable bonds is 2. The summed E-state index contributed by atoms with van der Waals surface area (Å²) in [6.07, 6.45) is 1.57. The van der Waals surface area contributed by atoms with E-state index in [1.54, 1.807) is 18.3 Å². The van der Waals surface area contributed by atoms with Crippen LogP contribution in [0.1, 0.15) is 22.0 Å². The van der Waals surface area contributed by atoms with Gasteiger partial charge < -0.3 is 9.64 Å². The number of aromatic nitrogens is 1. The summed E-state index contributed by atoms with van der Waals surface area (Å²) in [6.45, 7) is 1.74. The fourth-order valence-corrected chi connectivity index (χ4v) is 2.79. The number of pyridine rings is 1. The quantitative estimate of drug-likeness (QED) is 0.785. The van der Waals surface area contributed by atoms with E-state index in [0.29, 0.717) is 29.9 Å². The molecule has 1 aliphatic heterocycles. The number of ether oxygens (including phenoxy) is 1. The minimum atomic E-state index is -0.0609. The average Bonchev–Trinajstić information content (AvgIpc) is 2.55. The van der Waals surface area contributed by atoms with Crippen LogP contribution in [0.25, 0.3) is 0 Å². The lowest BCUT2D eigenvalue weighted by Gasteiger charge is -2.33. The summed E-state index contributed by atoms with van der Waals surface area (Å²) < 4.78 is 6.46. The Morgan fingerprint density at radius 3 is 2.86 bits per heavy atom. The molecule has 21 heavy (non-hydrogen) atoms. The third-order valence-electron chi connectivity index (χ3n) is 3.50. The SMILES string of the molecule is O=C(c1ccnc(Br)c1)N1CCOC(c2ccccc2)C1. The molecule has 0 aliphatic carbocycles. The Balaban J connectivity index is 1.75. The molecule has 1 unspecified atom stereocenters. The molecule has 0 N–H and O–H groups in total. The molecule has 108 valence electrons. The number of halogens is 1. The first-order valence-electron chi connectivity index (χ1n) is 6.81. The van der Waals surface area contributed by atoms with E-state index in [9.17, 15) is 4.79 Å². The van der Waals surface area contributed by atoms with Crippen molar-refractivity contribution < 1.29 is 9.53 Å². The van der Waals surface area contributed by atoms with Crippen molar-refractivity contribution in [1.82, 2.24) is 9.88 Å². The van der Waals surface area contributed by atoms with Crippen molar-refractivity contribution in [2.75, 3.05) is 19.7 Å². The fraction of sp³-hybridized carbons (Fsp3) is 0.250. The highest BCUT2D eigenvalue weighted by molar-refractivity contribution is 9.10. The van der Waals surface area contributed by atoms with Gasteiger partial charge in [-0.05, 0) is 33.6 Å². The van der Waals surface area contributed by atoms with E-state index < -0.39 is 0 Å². The van der Waals surface area contributed by atoms with Crippen molar-refractivity contribution in [3.05, 3.63) is 64.4 Å². The second-order valence-electron chi connectivity index (χ2n) is 4.89. The van der Waals surface area contributed by atoms with Crippen LogP contribution in [0.5, 0.6) is 0 Å². The normalized spacial score (nSPS) is 18.5. The largest absolute Gasteiger partial charge is 0.370 e. The van der Waals surface area contributed by atoms with Crippen LogP contribution in [0.2, 0.25) is 0 Å². The molecule has 1 aromatic heterocycles. The average molecular weight is 347 g/mol. The van der Waals surface area contributed by atoms with Crippen molar-refractivity contribution in [2.45, 2.75) is 6.10 Å². The van der Waals surface area contributed by atoms with E-state index in [4.69, 9.17) is 4.74 Å². The molecular formula is C16H15BrN2O2. The minimum Gasteiger partial charge on any atom is -0.370 e. The van der Waals surface area contributed by atoms with Gasteiger partial charge in [0.05, 0.1) is 13.2 Å². The first-order valence-corrected chi connectivity index (χ1v) is 7.61. The topological polar surface area (TPSA) is 42.4 Å². The number of hydrogen-bond acceptors (Lipinski definition) is 3. The Kier molecular flexibility index (Phi) is 4.31. The summed E-state index contributed by atoms with van der Waals surface area (Å²) in [7, 11) is 0. The smallest absolute Gasteiger partial charge is 0.254 e. The summed E-state index contributed by atoms with van der Waals surface area (Å²) in [5.74, 6) is 0.0160. The van der Waals surface area contributed by atoms with E-state index >= 15 is 0 Å². The lowest BCUT2D eigenvalue weighted by atomic mass is 10.1. The highest BCUT2D eigenvalue weighted by atomic mass is 79.9. The van der Waals surface area contributed by atoms with E-state index in [1.807, 2.05) is 35.2 Å². The zero-order chi connectivity index (χ0) is 14.7. The summed E-state index contributed by atoms with van der Waals surface area (Å²) in [4.78, 5) is 18.4. The fourth-order valence-electron chi connectivity index (χ4n) is 2.42. The minimum absolute atomic E-state index is 0.0160. The molecule has 1 saturated heterocycles. The molecule has 2 aromatic rings. The maximum atomic E-state index is 12.6. The molecule has 0 saturated carbocycles. The third kappa shape index (κ3) is 3.31. The van der Waals surface area contributed by atoms with Gasteiger partial charge >= 0.3 is 0 Å². The Morgan fingerprint density at radius 2 is 2.10 bits per heavy atom. The number of nitrogens with zero attached hydrogens (tertiary/aromatic N) is 2. The predicted molar refractivity (Wildman–Crippen MR) is 83.0 cm³/mol. The van der Waals surface area contributed by atoms with E-state index in [0.717, 1.165) is 5.56 Å². The summed E-state index contributed by atoms with van der Waals surface area (Å²) in [5, 5.41) is 0. The maximum Gasteiger partial charge on any atom is 0.254 e. The molecule has 3 rings (SSSR count). The Labute approximate surface area is 131 Å². The third-order valence-corrected chi connectivity index (χ3v) is 3.93. The number of benzene rings is 1. The lowest BCUT2D eigenvalue weighted by Crippen LogP contribution is -2.42. The number of hydrogen-bond donors (Lipinski definition) is 0. The van der Waals surface area contributed by atoms with Crippen molar-refractivity contribution in [3.8, 4) is 0 Å². The van der Waals surface area contributed by atoms with Gasteiger partial charge in [-0.3, -0.25) is 4.79 Å². The van der Waals surface area contributed by atoms with Gasteiger partial charge in [0, 0.05) is 18.3 Å². The van der Waals surface area contributed by atoms with E-state index in [1.165, 1.54) is 0 Å². The molecule has 4 nitrogen and oxygen atoms in total. The van der Waals surface area contributed by atoms with Gasteiger partial charge in [0.25, 0.3) is 5.91 Å². The Bertz CT molecular complexity index is 633. The van der Waals surface area contributed by atoms with Gasteiger partial charge in [0.1, 0.15) is 10.7 Å². The number of carbonyl (C=O) groups excluding carboxylic acids is 1. The molecule has 1 aromatic carbocycles. The van der Waals surface area contributed by atoms with Crippen molar-refractivity contribution >= 4 is 21.8 Å². The summed E-state index contributed by atoms with van der Waals surface area (Å²) in [5.41, 5.74) is 1.75. The van der Waals surface area contributed by atoms with Gasteiger partial charge in [-0.1, -0.05) is 30.3 Å². The van der Waals surface area contributed by atoms with Gasteiger partial charge in [-0.25, -0.2) is 4.98 Å². The molecule has 2 heterocycles. The molecule has 1 aliphatic rings. The van der Waals surface area contributed by atoms with E-state index in [2.05, 4.69) is 20.9 Å². The second-order valence-corrected chi connectivity index (χ2v) is 5.70. The first kappa shape index (κ1) is 14.2. The van der Waals surface area contributed by atoms with Gasteiger partial charge in [-0.2, -0.15) is 0 Å². The van der Waals surface area contributed by atoms with Crippen LogP contribution >= 0.6 is 15.9 Å². The molecule has 1 amide bonds. The summed E-state index contributed by atoms with van der Waals surface area (Å²) in [6, 6.07) is 13.5. The van der Waals surface area contributed by atoms with Crippen molar-refractivity contribution in [1.29, 1.82) is 0 Å². The monoisotopic (exact) mass is 346 g/mol. The highest BCUT2D eigenvalue weighted by Crippen LogP contribution is 2.23. The van der Waals surface area contributed by atoms with Crippen LogP contribution in [-0.2, 0) is 4.74 Å². The molecule has 0 bridgehead atoms. The van der Waals surface area contributed by atoms with E-state index in [-0.39, 0.29) is 12.0 Å². The van der Waals surface area contributed by atoms with Gasteiger partial charge in [0.15, 0.2) is 0 Å². The molecule has 1 fully saturated rings. The molecular weight excluding hydrogens is 332 g/mol. The second kappa shape index (κ2) is 6.37. The molecule has 0 spiro atoms. The van der Waals surface area contributed by atoms with Crippen molar-refractivity contribution in [3.63, 3.8) is 0 Å². The van der Waals surface area contributed by atoms with Crippen molar-refractivity contribution in [2.24, 2.45) is 0 Å². The number of carbonyl (C=O) groups is 1. The van der Waals surface area contributed by atoms with Crippen LogP contribution in [0.3, 0.4) is 0 Å². The standard InChI is InChI=1S/C16H15BrN2O2/c17-15-10-13(6-7-18-15)16(20)19-8-9-21-14(11-19)12-4-2-1-3-5-12/h1-7,10,14H,8-9,11H2. The van der Waals surface area contributed by atoms with Crippen LogP contribution in [0.4, 0.5) is 0 Å². The Morgan fingerprint density at radius 1 is 1.29 bits per heavy atom. The number of amides is 1. The van der Waals surface area contributed by atoms with Crippen LogP contribution in [0.15, 0.2) is 53.3 Å². The zero-order valence-corrected chi connectivity index (χ0v) is 13.0. The van der Waals surface area contributed by atoms with Crippen LogP contribution < -0.4 is 0 Å². The molecule has 0 radical (unpaired) electrons.